The molecule has 33 heteroatoms. The third kappa shape index (κ3) is 58.0. The summed E-state index contributed by atoms with van der Waals surface area (Å²) in [6, 6.07) is 0. The average Bonchev–Trinajstić information content (AvgIpc) is 0.853. The highest BCUT2D eigenvalue weighted by molar-refractivity contribution is 7.82. The van der Waals surface area contributed by atoms with Gasteiger partial charge in [0.1, 0.15) is 44.1 Å². The van der Waals surface area contributed by atoms with E-state index in [1.54, 1.807) is 27.7 Å². The molecule has 0 N–H and O–H groups in total. The molecule has 0 saturated heterocycles. The lowest BCUT2D eigenvalue weighted by Gasteiger charge is -2.32. The summed E-state index contributed by atoms with van der Waals surface area (Å²) in [4.78, 5) is 130. The summed E-state index contributed by atoms with van der Waals surface area (Å²) in [7, 11) is 0. The number of ether oxygens (including phenoxy) is 12. The first-order valence-electron chi connectivity index (χ1n) is 38.4. The number of carbonyl (C=O) groups is 11. The van der Waals surface area contributed by atoms with Crippen LogP contribution >= 0.6 is 126 Å². The van der Waals surface area contributed by atoms with Crippen molar-refractivity contribution >= 4 is 192 Å². The van der Waals surface area contributed by atoms with Crippen molar-refractivity contribution in [3.8, 4) is 0 Å². The first-order valence-corrected chi connectivity index (χ1v) is 43.6. The minimum absolute atomic E-state index is 0.0128. The Labute approximate surface area is 704 Å². The number of rotatable bonds is 42. The van der Waals surface area contributed by atoms with Gasteiger partial charge in [0.25, 0.3) is 0 Å². The van der Waals surface area contributed by atoms with Crippen LogP contribution in [0.4, 0.5) is 4.79 Å². The Kier molecular flexibility index (Phi) is 57.5. The summed E-state index contributed by atoms with van der Waals surface area (Å²) < 4.78 is 64.1. The minimum Gasteiger partial charge on any atom is -0.465 e. The molecule has 0 aromatic rings. The van der Waals surface area contributed by atoms with Gasteiger partial charge in [-0.15, -0.1) is 0 Å². The molecule has 0 radical (unpaired) electrons. The van der Waals surface area contributed by atoms with Crippen molar-refractivity contribution in [2.24, 2.45) is 40.9 Å². The zero-order valence-corrected chi connectivity index (χ0v) is 74.7. The first kappa shape index (κ1) is 104. The number of thiol groups is 10. The third-order valence-corrected chi connectivity index (χ3v) is 19.5. The van der Waals surface area contributed by atoms with Crippen molar-refractivity contribution in [1.29, 1.82) is 0 Å². The highest BCUT2D eigenvalue weighted by Gasteiger charge is 2.39. The molecule has 632 valence electrons. The van der Waals surface area contributed by atoms with Crippen molar-refractivity contribution in [3.63, 3.8) is 0 Å². The predicted molar refractivity (Wildman–Crippen MR) is 453 cm³/mol. The van der Waals surface area contributed by atoms with E-state index in [1.165, 1.54) is 0 Å². The van der Waals surface area contributed by atoms with E-state index in [1.807, 2.05) is 41.5 Å². The van der Waals surface area contributed by atoms with Crippen LogP contribution in [0.25, 0.3) is 0 Å². The van der Waals surface area contributed by atoms with Gasteiger partial charge in [-0.05, 0) is 138 Å². The highest BCUT2D eigenvalue weighted by atomic mass is 32.1. The lowest BCUT2D eigenvalue weighted by Crippen LogP contribution is -2.44. The van der Waals surface area contributed by atoms with Crippen molar-refractivity contribution in [2.75, 3.05) is 66.1 Å². The van der Waals surface area contributed by atoms with Crippen molar-refractivity contribution < 1.29 is 110 Å². The number of hydrogen-bond acceptors (Lipinski definition) is 33. The molecule has 0 amide bonds. The predicted octanol–water partition coefficient (Wildman–Crippen LogP) is 14.3. The molecule has 0 spiro atoms. The van der Waals surface area contributed by atoms with Crippen molar-refractivity contribution in [2.45, 2.75) is 301 Å². The molecule has 10 atom stereocenters. The molecular formula is C76H130O23S10. The van der Waals surface area contributed by atoms with Gasteiger partial charge >= 0.3 is 65.8 Å². The second-order valence-corrected chi connectivity index (χ2v) is 39.1. The Balaban J connectivity index is 0.000000744. The SMILES string of the molecule is CC(S)CC(=O)OC1CCC(OC(=O)CC(C)S)CC1.CC(S)CC(=O)OCC(COC(=O)CC(C)S)(COC(=O)CC(C)S)COC(=O)CC(C)S.CC(S)CC(=O)OCC1CCC(COC(=O)CC(C)S)CC1.CC(S)CC(=O)OCC1CCC(COC(=O)OCC2CCC(COC(=O)CC(C)S)CC2)CC1. The largest absolute Gasteiger partial charge is 0.508 e. The van der Waals surface area contributed by atoms with Gasteiger partial charge in [0.15, 0.2) is 0 Å². The zero-order chi connectivity index (χ0) is 82.2. The van der Waals surface area contributed by atoms with E-state index >= 15 is 0 Å². The molecule has 4 rings (SSSR count). The Morgan fingerprint density at radius 2 is 0.376 bits per heavy atom. The standard InChI is InChI=1S/C25H42O7S2.C21H36O8S4.C16H28O4S2.C14H24O4S2/c1-17(33)11-23(26)29-13-19-3-7-21(8-4-19)15-31-25(28)32-16-22-9-5-20(6-10-22)14-30-24(27)12-18(2)34;1-13(30)5-17(22)26-9-21(10-27-18(23)6-14(2)31,11-28-19(24)7-15(3)32)12-29-20(25)8-16(4)33;1-11(21)7-15(17)19-9-13-3-5-14(6-4-13)10-20-16(18)8-12(2)22;1-9(19)7-13(15)17-11-3-5-12(6-4-11)18-14(16)8-10(2)20/h17-22,33-34H,3-16H2,1-2H3;13-16,30-33H,5-12H2,1-4H3;11-14,21-22H,3-10H2,1-2H3;9-12,19-20H,3-8H2,1-2H3. The van der Waals surface area contributed by atoms with E-state index in [2.05, 4.69) is 126 Å². The second kappa shape index (κ2) is 60.0. The Hall–Kier alpha value is -2.53. The smallest absolute Gasteiger partial charge is 0.465 e. The highest BCUT2D eigenvalue weighted by Crippen LogP contribution is 2.33. The molecule has 10 unspecified atom stereocenters. The van der Waals surface area contributed by atoms with Crippen molar-refractivity contribution in [3.05, 3.63) is 0 Å². The molecule has 4 aliphatic rings. The molecule has 0 aromatic heterocycles. The maximum absolute atomic E-state index is 12.1. The summed E-state index contributed by atoms with van der Waals surface area (Å²) in [5.74, 6) is -0.963. The van der Waals surface area contributed by atoms with Gasteiger partial charge in [0.05, 0.1) is 104 Å². The van der Waals surface area contributed by atoms with Crippen LogP contribution in [0.5, 0.6) is 0 Å². The lowest BCUT2D eigenvalue weighted by atomic mass is 9.83. The summed E-state index contributed by atoms with van der Waals surface area (Å²) in [5, 5.41) is -0.784. The maximum atomic E-state index is 12.1. The van der Waals surface area contributed by atoms with Crippen LogP contribution in [0.1, 0.15) is 236 Å². The van der Waals surface area contributed by atoms with E-state index in [0.717, 1.165) is 103 Å². The molecule has 4 saturated carbocycles. The molecule has 109 heavy (non-hydrogen) atoms. The number of esters is 10. The monoisotopic (exact) mass is 1730 g/mol. The van der Waals surface area contributed by atoms with Crippen LogP contribution < -0.4 is 0 Å². The fourth-order valence-electron chi connectivity index (χ4n) is 11.8. The van der Waals surface area contributed by atoms with Crippen LogP contribution in [0.2, 0.25) is 0 Å². The molecule has 23 nitrogen and oxygen atoms in total. The molecule has 0 aromatic carbocycles. The Bertz CT molecular complexity index is 2390. The minimum atomic E-state index is -1.30. The fourth-order valence-corrected chi connectivity index (χ4v) is 13.2. The second-order valence-electron chi connectivity index (χ2n) is 30.3. The molecule has 4 fully saturated rings. The fraction of sp³-hybridized carbons (Fsp3) is 0.855. The van der Waals surface area contributed by atoms with Gasteiger partial charge in [0.2, 0.25) is 0 Å². The summed E-state index contributed by atoms with van der Waals surface area (Å²) >= 11 is 41.8. The van der Waals surface area contributed by atoms with E-state index in [0.29, 0.717) is 114 Å². The van der Waals surface area contributed by atoms with Crippen LogP contribution in [0.3, 0.4) is 0 Å². The molecule has 0 bridgehead atoms. The number of carbonyl (C=O) groups excluding carboxylic acids is 11. The third-order valence-electron chi connectivity index (χ3n) is 17.7. The van der Waals surface area contributed by atoms with Crippen molar-refractivity contribution in [1.82, 2.24) is 0 Å². The molecular weight excluding hydrogens is 1600 g/mol. The van der Waals surface area contributed by atoms with Gasteiger partial charge in [-0.25, -0.2) is 4.79 Å². The maximum Gasteiger partial charge on any atom is 0.508 e. The Morgan fingerprint density at radius 1 is 0.229 bits per heavy atom. The van der Waals surface area contributed by atoms with Gasteiger partial charge in [-0.1, -0.05) is 69.2 Å². The van der Waals surface area contributed by atoms with E-state index in [9.17, 15) is 52.7 Å². The van der Waals surface area contributed by atoms with E-state index in [-0.39, 0.29) is 153 Å². The van der Waals surface area contributed by atoms with Gasteiger partial charge in [-0.2, -0.15) is 126 Å². The van der Waals surface area contributed by atoms with Crippen LogP contribution in [-0.4, -0.2) is 197 Å². The molecule has 0 heterocycles. The van der Waals surface area contributed by atoms with Crippen LogP contribution in [0, 0.1) is 40.9 Å². The normalized spacial score (nSPS) is 22.9. The van der Waals surface area contributed by atoms with Gasteiger partial charge in [0, 0.05) is 52.5 Å². The quantitative estimate of drug-likeness (QED) is 0.0154. The molecule has 0 aliphatic heterocycles. The van der Waals surface area contributed by atoms with Crippen LogP contribution in [0.15, 0.2) is 0 Å². The van der Waals surface area contributed by atoms with Gasteiger partial charge < -0.3 is 56.8 Å². The zero-order valence-electron chi connectivity index (χ0n) is 65.7. The summed E-state index contributed by atoms with van der Waals surface area (Å²) in [5.41, 5.74) is -1.30. The number of hydrogen-bond donors (Lipinski definition) is 10. The first-order chi connectivity index (χ1) is 51.2. The molecule has 4 aliphatic carbocycles. The average molecular weight is 1730 g/mol. The van der Waals surface area contributed by atoms with E-state index in [4.69, 9.17) is 56.8 Å². The lowest BCUT2D eigenvalue weighted by molar-refractivity contribution is -0.171. The van der Waals surface area contributed by atoms with E-state index < -0.39 is 35.4 Å². The van der Waals surface area contributed by atoms with Gasteiger partial charge in [-0.3, -0.25) is 47.9 Å². The summed E-state index contributed by atoms with van der Waals surface area (Å²) in [6.07, 6.45) is 16.4. The van der Waals surface area contributed by atoms with Crippen LogP contribution in [-0.2, 0) is 105 Å². The Morgan fingerprint density at radius 3 is 0.541 bits per heavy atom. The summed E-state index contributed by atoms with van der Waals surface area (Å²) in [6.45, 7) is 19.7. The topological polar surface area (TPSA) is 299 Å².